The molecule has 0 aliphatic carbocycles. The summed E-state index contributed by atoms with van der Waals surface area (Å²) in [6.07, 6.45) is 3.59. The SMILES string of the molecule is COc1cc(Nc2nncc(NCCCc3ccccc3)n2)cc(OC)c1OC. The predicted molar refractivity (Wildman–Crippen MR) is 112 cm³/mol. The Balaban J connectivity index is 1.62. The van der Waals surface area contributed by atoms with Crippen molar-refractivity contribution in [2.75, 3.05) is 38.5 Å². The summed E-state index contributed by atoms with van der Waals surface area (Å²) in [5.74, 6) is 2.62. The molecule has 2 aromatic carbocycles. The minimum absolute atomic E-state index is 0.368. The number of hydrogen-bond donors (Lipinski definition) is 2. The van der Waals surface area contributed by atoms with E-state index in [-0.39, 0.29) is 0 Å². The number of ether oxygens (including phenoxy) is 3. The van der Waals surface area contributed by atoms with Crippen LogP contribution >= 0.6 is 0 Å². The highest BCUT2D eigenvalue weighted by Gasteiger charge is 2.14. The Bertz CT molecular complexity index is 896. The first-order chi connectivity index (χ1) is 14.2. The van der Waals surface area contributed by atoms with Gasteiger partial charge in [0.05, 0.1) is 27.5 Å². The molecule has 0 atom stereocenters. The van der Waals surface area contributed by atoms with Gasteiger partial charge in [-0.2, -0.15) is 10.1 Å². The number of rotatable bonds is 10. The number of nitrogens with zero attached hydrogens (tertiary/aromatic N) is 3. The lowest BCUT2D eigenvalue weighted by Crippen LogP contribution is -2.08. The van der Waals surface area contributed by atoms with Crippen LogP contribution in [-0.2, 0) is 6.42 Å². The predicted octanol–water partition coefficient (Wildman–Crippen LogP) is 3.69. The summed E-state index contributed by atoms with van der Waals surface area (Å²) in [5, 5.41) is 14.5. The number of methoxy groups -OCH3 is 3. The van der Waals surface area contributed by atoms with Gasteiger partial charge in [-0.05, 0) is 18.4 Å². The highest BCUT2D eigenvalue weighted by molar-refractivity contribution is 5.65. The van der Waals surface area contributed by atoms with Crippen molar-refractivity contribution in [3.8, 4) is 17.2 Å². The first-order valence-corrected chi connectivity index (χ1v) is 9.28. The van der Waals surface area contributed by atoms with Gasteiger partial charge in [0.25, 0.3) is 0 Å². The summed E-state index contributed by atoms with van der Waals surface area (Å²) in [7, 11) is 4.70. The molecular weight excluding hydrogens is 370 g/mol. The smallest absolute Gasteiger partial charge is 0.249 e. The highest BCUT2D eigenvalue weighted by Crippen LogP contribution is 2.40. The Labute approximate surface area is 170 Å². The second-order valence-electron chi connectivity index (χ2n) is 6.22. The van der Waals surface area contributed by atoms with Crippen LogP contribution in [0.2, 0.25) is 0 Å². The topological polar surface area (TPSA) is 90.4 Å². The number of benzene rings is 2. The zero-order valence-electron chi connectivity index (χ0n) is 16.8. The fraction of sp³-hybridized carbons (Fsp3) is 0.286. The van der Waals surface area contributed by atoms with Gasteiger partial charge in [0.15, 0.2) is 17.3 Å². The van der Waals surface area contributed by atoms with Crippen LogP contribution in [0.25, 0.3) is 0 Å². The molecule has 0 unspecified atom stereocenters. The van der Waals surface area contributed by atoms with Crippen LogP contribution in [0.15, 0.2) is 48.7 Å². The number of nitrogens with one attached hydrogen (secondary N) is 2. The van der Waals surface area contributed by atoms with E-state index < -0.39 is 0 Å². The summed E-state index contributed by atoms with van der Waals surface area (Å²) in [5.41, 5.74) is 2.02. The van der Waals surface area contributed by atoms with Gasteiger partial charge in [-0.3, -0.25) is 0 Å². The molecule has 0 bridgehead atoms. The minimum Gasteiger partial charge on any atom is -0.493 e. The fourth-order valence-electron chi connectivity index (χ4n) is 2.88. The van der Waals surface area contributed by atoms with E-state index >= 15 is 0 Å². The molecule has 2 N–H and O–H groups in total. The van der Waals surface area contributed by atoms with Crippen LogP contribution in [0.3, 0.4) is 0 Å². The van der Waals surface area contributed by atoms with Gasteiger partial charge in [-0.25, -0.2) is 0 Å². The van der Waals surface area contributed by atoms with Gasteiger partial charge in [0.2, 0.25) is 11.7 Å². The van der Waals surface area contributed by atoms with Crippen molar-refractivity contribution in [2.45, 2.75) is 12.8 Å². The summed E-state index contributed by atoms with van der Waals surface area (Å²) in [6.45, 7) is 0.789. The summed E-state index contributed by atoms with van der Waals surface area (Å²) >= 11 is 0. The molecule has 3 aromatic rings. The van der Waals surface area contributed by atoms with E-state index in [1.54, 1.807) is 39.7 Å². The molecule has 0 saturated carbocycles. The average molecular weight is 395 g/mol. The minimum atomic E-state index is 0.368. The normalized spacial score (nSPS) is 10.3. The summed E-state index contributed by atoms with van der Waals surface area (Å²) in [6, 6.07) is 14.0. The summed E-state index contributed by atoms with van der Waals surface area (Å²) < 4.78 is 16.1. The van der Waals surface area contributed by atoms with Crippen LogP contribution < -0.4 is 24.8 Å². The Kier molecular flexibility index (Phi) is 7.05. The fourth-order valence-corrected chi connectivity index (χ4v) is 2.88. The molecule has 8 nitrogen and oxygen atoms in total. The second kappa shape index (κ2) is 10.1. The zero-order valence-corrected chi connectivity index (χ0v) is 16.8. The Morgan fingerprint density at radius 1 is 0.931 bits per heavy atom. The molecule has 29 heavy (non-hydrogen) atoms. The van der Waals surface area contributed by atoms with Crippen LogP contribution in [-0.4, -0.2) is 43.1 Å². The van der Waals surface area contributed by atoms with Crippen molar-refractivity contribution in [1.29, 1.82) is 0 Å². The van der Waals surface area contributed by atoms with E-state index in [1.165, 1.54) is 5.56 Å². The maximum Gasteiger partial charge on any atom is 0.249 e. The van der Waals surface area contributed by atoms with Gasteiger partial charge in [0.1, 0.15) is 0 Å². The molecule has 152 valence electrons. The molecule has 0 spiro atoms. The lowest BCUT2D eigenvalue weighted by Gasteiger charge is -2.14. The number of hydrogen-bond acceptors (Lipinski definition) is 8. The van der Waals surface area contributed by atoms with Crippen LogP contribution in [0.5, 0.6) is 17.2 Å². The van der Waals surface area contributed by atoms with Crippen molar-refractivity contribution in [2.24, 2.45) is 0 Å². The third-order valence-corrected chi connectivity index (χ3v) is 4.27. The molecule has 8 heteroatoms. The number of aryl methyl sites for hydroxylation is 1. The van der Waals surface area contributed by atoms with Crippen molar-refractivity contribution in [1.82, 2.24) is 15.2 Å². The molecule has 1 aromatic heterocycles. The van der Waals surface area contributed by atoms with Gasteiger partial charge in [-0.1, -0.05) is 30.3 Å². The standard InChI is InChI=1S/C21H25N5O3/c1-27-17-12-16(13-18(28-2)20(17)29-3)24-21-25-19(14-23-26-21)22-11-7-10-15-8-5-4-6-9-15/h4-6,8-9,12-14H,7,10-11H2,1-3H3,(H2,22,24,25,26). The van der Waals surface area contributed by atoms with Crippen molar-refractivity contribution < 1.29 is 14.2 Å². The van der Waals surface area contributed by atoms with Gasteiger partial charge in [0, 0.05) is 24.4 Å². The number of anilines is 3. The summed E-state index contributed by atoms with van der Waals surface area (Å²) in [4.78, 5) is 4.46. The van der Waals surface area contributed by atoms with E-state index in [4.69, 9.17) is 14.2 Å². The zero-order chi connectivity index (χ0) is 20.5. The van der Waals surface area contributed by atoms with E-state index in [0.29, 0.717) is 34.7 Å². The lowest BCUT2D eigenvalue weighted by atomic mass is 10.1. The van der Waals surface area contributed by atoms with E-state index in [9.17, 15) is 0 Å². The average Bonchev–Trinajstić information content (AvgIpc) is 2.77. The molecule has 0 saturated heterocycles. The third kappa shape index (κ3) is 5.47. The molecule has 0 fully saturated rings. The first-order valence-electron chi connectivity index (χ1n) is 9.28. The monoisotopic (exact) mass is 395 g/mol. The first kappa shape index (κ1) is 20.2. The van der Waals surface area contributed by atoms with Crippen molar-refractivity contribution in [3.63, 3.8) is 0 Å². The third-order valence-electron chi connectivity index (χ3n) is 4.27. The Morgan fingerprint density at radius 2 is 1.66 bits per heavy atom. The second-order valence-corrected chi connectivity index (χ2v) is 6.22. The van der Waals surface area contributed by atoms with Gasteiger partial charge < -0.3 is 24.8 Å². The van der Waals surface area contributed by atoms with E-state index in [2.05, 4.69) is 50.1 Å². The van der Waals surface area contributed by atoms with Crippen molar-refractivity contribution >= 4 is 17.5 Å². The Morgan fingerprint density at radius 3 is 2.31 bits per heavy atom. The molecule has 1 heterocycles. The molecular formula is C21H25N5O3. The van der Waals surface area contributed by atoms with Gasteiger partial charge >= 0.3 is 0 Å². The molecule has 3 rings (SSSR count). The van der Waals surface area contributed by atoms with Crippen molar-refractivity contribution in [3.05, 3.63) is 54.2 Å². The van der Waals surface area contributed by atoms with Crippen LogP contribution in [0.1, 0.15) is 12.0 Å². The maximum absolute atomic E-state index is 5.37. The molecule has 0 amide bonds. The van der Waals surface area contributed by atoms with Gasteiger partial charge in [-0.15, -0.1) is 5.10 Å². The van der Waals surface area contributed by atoms with Crippen LogP contribution in [0, 0.1) is 0 Å². The van der Waals surface area contributed by atoms with E-state index in [0.717, 1.165) is 19.4 Å². The molecule has 0 aliphatic heterocycles. The molecule has 0 aliphatic rings. The maximum atomic E-state index is 5.37. The van der Waals surface area contributed by atoms with E-state index in [1.807, 2.05) is 6.07 Å². The highest BCUT2D eigenvalue weighted by atomic mass is 16.5. The quantitative estimate of drug-likeness (QED) is 0.503. The van der Waals surface area contributed by atoms with Crippen LogP contribution in [0.4, 0.5) is 17.5 Å². The lowest BCUT2D eigenvalue weighted by molar-refractivity contribution is 0.324. The largest absolute Gasteiger partial charge is 0.493 e. The number of aromatic nitrogens is 3. The molecule has 0 radical (unpaired) electrons. The Hall–Kier alpha value is -3.55.